The van der Waals surface area contributed by atoms with Crippen molar-refractivity contribution in [2.24, 2.45) is 0 Å². The molecule has 5 rings (SSSR count). The van der Waals surface area contributed by atoms with Gasteiger partial charge in [0.1, 0.15) is 24.6 Å². The van der Waals surface area contributed by atoms with Gasteiger partial charge in [0.05, 0.1) is 22.7 Å². The van der Waals surface area contributed by atoms with Gasteiger partial charge in [0, 0.05) is 23.1 Å². The average molecular weight is 469 g/mol. The molecule has 5 heterocycles. The molecule has 5 atom stereocenters. The number of hydrogen-bond acceptors (Lipinski definition) is 10. The first-order valence-electron chi connectivity index (χ1n) is 10.6. The first kappa shape index (κ1) is 22.0. The average Bonchev–Trinajstić information content (AvgIpc) is 3.40. The van der Waals surface area contributed by atoms with Crippen molar-refractivity contribution >= 4 is 34.0 Å². The third-order valence-corrected chi connectivity index (χ3v) is 7.52. The number of nitrogens with zero attached hydrogens (tertiary/aromatic N) is 2. The van der Waals surface area contributed by atoms with E-state index >= 15 is 0 Å². The topological polar surface area (TPSA) is 92.2 Å². The molecule has 8 nitrogen and oxygen atoms in total. The molecule has 0 spiro atoms. The van der Waals surface area contributed by atoms with Gasteiger partial charge in [-0.05, 0) is 39.4 Å². The van der Waals surface area contributed by atoms with Crippen LogP contribution in [-0.4, -0.2) is 64.9 Å². The molecular formula is C21H28N2O6S2. The van der Waals surface area contributed by atoms with Crippen molar-refractivity contribution in [1.29, 1.82) is 0 Å². The third-order valence-electron chi connectivity index (χ3n) is 5.88. The smallest absolute Gasteiger partial charge is 0.234 e. The van der Waals surface area contributed by atoms with E-state index in [0.29, 0.717) is 17.0 Å². The molecule has 3 aliphatic rings. The van der Waals surface area contributed by atoms with E-state index in [9.17, 15) is 5.11 Å². The maximum absolute atomic E-state index is 11.8. The molecule has 0 bridgehead atoms. The summed E-state index contributed by atoms with van der Waals surface area (Å²) in [5.41, 5.74) is 1.63. The Morgan fingerprint density at radius 1 is 1.26 bits per heavy atom. The molecule has 31 heavy (non-hydrogen) atoms. The number of aromatic nitrogens is 2. The van der Waals surface area contributed by atoms with E-state index in [4.69, 9.17) is 23.7 Å². The van der Waals surface area contributed by atoms with Gasteiger partial charge in [0.15, 0.2) is 12.1 Å². The van der Waals surface area contributed by atoms with E-state index in [1.165, 1.54) is 17.7 Å². The monoisotopic (exact) mass is 468 g/mol. The zero-order chi connectivity index (χ0) is 21.6. The summed E-state index contributed by atoms with van der Waals surface area (Å²) >= 11 is 3.10. The highest BCUT2D eigenvalue weighted by Gasteiger charge is 2.64. The van der Waals surface area contributed by atoms with Gasteiger partial charge in [-0.2, -0.15) is 11.8 Å². The molecule has 3 aliphatic heterocycles. The lowest BCUT2D eigenvalue weighted by Crippen LogP contribution is -2.40. The van der Waals surface area contributed by atoms with Crippen LogP contribution < -0.4 is 0 Å². The van der Waals surface area contributed by atoms with Gasteiger partial charge in [0.2, 0.25) is 5.79 Å². The van der Waals surface area contributed by atoms with E-state index in [2.05, 4.69) is 9.97 Å². The summed E-state index contributed by atoms with van der Waals surface area (Å²) < 4.78 is 30.1. The molecule has 5 unspecified atom stereocenters. The predicted molar refractivity (Wildman–Crippen MR) is 117 cm³/mol. The number of rotatable bonds is 6. The molecule has 10 heteroatoms. The Labute approximate surface area is 189 Å². The van der Waals surface area contributed by atoms with Crippen molar-refractivity contribution in [2.45, 2.75) is 75.0 Å². The Morgan fingerprint density at radius 2 is 2.13 bits per heavy atom. The second kappa shape index (κ2) is 8.49. The van der Waals surface area contributed by atoms with E-state index in [1.807, 2.05) is 25.5 Å². The minimum absolute atomic E-state index is 0.246. The van der Waals surface area contributed by atoms with Gasteiger partial charge in [0.25, 0.3) is 0 Å². The maximum Gasteiger partial charge on any atom is 0.234 e. The quantitative estimate of drug-likeness (QED) is 0.686. The van der Waals surface area contributed by atoms with Crippen LogP contribution in [0.4, 0.5) is 0 Å². The summed E-state index contributed by atoms with van der Waals surface area (Å²) in [5.74, 6) is -1.75. The summed E-state index contributed by atoms with van der Waals surface area (Å²) in [6.45, 7) is 4.65. The molecule has 170 valence electrons. The molecule has 0 aliphatic carbocycles. The van der Waals surface area contributed by atoms with Gasteiger partial charge in [-0.25, -0.2) is 9.97 Å². The summed E-state index contributed by atoms with van der Waals surface area (Å²) in [7, 11) is 0. The highest BCUT2D eigenvalue weighted by molar-refractivity contribution is 7.97. The summed E-state index contributed by atoms with van der Waals surface area (Å²) in [6.07, 6.45) is 4.68. The van der Waals surface area contributed by atoms with Gasteiger partial charge in [-0.3, -0.25) is 0 Å². The van der Waals surface area contributed by atoms with E-state index in [1.54, 1.807) is 11.8 Å². The van der Waals surface area contributed by atoms with Crippen molar-refractivity contribution in [1.82, 2.24) is 9.97 Å². The van der Waals surface area contributed by atoms with Crippen LogP contribution in [0.15, 0.2) is 11.7 Å². The van der Waals surface area contributed by atoms with Gasteiger partial charge < -0.3 is 28.8 Å². The molecule has 2 aromatic rings. The van der Waals surface area contributed by atoms with Crippen LogP contribution in [0.25, 0.3) is 10.9 Å². The second-order valence-electron chi connectivity index (χ2n) is 8.58. The van der Waals surface area contributed by atoms with Crippen molar-refractivity contribution in [3.8, 4) is 0 Å². The van der Waals surface area contributed by atoms with Crippen LogP contribution in [0.5, 0.6) is 0 Å². The summed E-state index contributed by atoms with van der Waals surface area (Å²) in [5, 5.41) is 14.7. The summed E-state index contributed by atoms with van der Waals surface area (Å²) in [4.78, 5) is 9.49. The fraction of sp³-hybridized carbons (Fsp3) is 0.714. The largest absolute Gasteiger partial charge is 0.359 e. The first-order valence-corrected chi connectivity index (χ1v) is 12.9. The molecule has 0 saturated carbocycles. The third kappa shape index (κ3) is 4.02. The lowest BCUT2D eigenvalue weighted by Gasteiger charge is -2.30. The van der Waals surface area contributed by atoms with Crippen LogP contribution in [0.3, 0.4) is 0 Å². The molecule has 3 fully saturated rings. The SMILES string of the molecule is CSCc1ncnc2c(C3(O)OC(COC4CCCCO4)C4OC(C)(C)OC43)scc12. The minimum atomic E-state index is -1.68. The molecule has 0 radical (unpaired) electrons. The summed E-state index contributed by atoms with van der Waals surface area (Å²) in [6, 6.07) is 0. The number of thioether (sulfide) groups is 1. The molecule has 3 saturated heterocycles. The molecule has 0 amide bonds. The van der Waals surface area contributed by atoms with Crippen molar-refractivity contribution in [3.63, 3.8) is 0 Å². The Kier molecular flexibility index (Phi) is 6.02. The van der Waals surface area contributed by atoms with Crippen LogP contribution >= 0.6 is 23.1 Å². The lowest BCUT2D eigenvalue weighted by molar-refractivity contribution is -0.288. The Balaban J connectivity index is 1.45. The van der Waals surface area contributed by atoms with Crippen LogP contribution in [-0.2, 0) is 35.2 Å². The normalized spacial score (nSPS) is 35.0. The van der Waals surface area contributed by atoms with Crippen molar-refractivity contribution in [2.75, 3.05) is 19.5 Å². The number of ether oxygens (including phenoxy) is 5. The predicted octanol–water partition coefficient (Wildman–Crippen LogP) is 3.16. The van der Waals surface area contributed by atoms with Crippen molar-refractivity contribution in [3.05, 3.63) is 22.3 Å². The van der Waals surface area contributed by atoms with Gasteiger partial charge >= 0.3 is 0 Å². The van der Waals surface area contributed by atoms with Crippen LogP contribution in [0.1, 0.15) is 43.7 Å². The molecule has 1 N–H and O–H groups in total. The molecule has 0 aromatic carbocycles. The molecular weight excluding hydrogens is 440 g/mol. The highest BCUT2D eigenvalue weighted by Crippen LogP contribution is 2.50. The van der Waals surface area contributed by atoms with E-state index in [-0.39, 0.29) is 12.9 Å². The second-order valence-corrected chi connectivity index (χ2v) is 10.3. The highest BCUT2D eigenvalue weighted by atomic mass is 32.2. The van der Waals surface area contributed by atoms with Crippen molar-refractivity contribution < 1.29 is 28.8 Å². The fourth-order valence-electron chi connectivity index (χ4n) is 4.50. The zero-order valence-electron chi connectivity index (χ0n) is 17.9. The number of fused-ring (bicyclic) bond motifs is 2. The Morgan fingerprint density at radius 3 is 2.90 bits per heavy atom. The minimum Gasteiger partial charge on any atom is -0.359 e. The zero-order valence-corrected chi connectivity index (χ0v) is 19.5. The van der Waals surface area contributed by atoms with E-state index in [0.717, 1.165) is 36.1 Å². The lowest BCUT2D eigenvalue weighted by atomic mass is 10.0. The first-order chi connectivity index (χ1) is 14.9. The van der Waals surface area contributed by atoms with E-state index < -0.39 is 29.9 Å². The Bertz CT molecular complexity index is 934. The van der Waals surface area contributed by atoms with Gasteiger partial charge in [-0.15, -0.1) is 11.3 Å². The van der Waals surface area contributed by atoms with Crippen LogP contribution in [0.2, 0.25) is 0 Å². The molecule has 2 aromatic heterocycles. The number of aliphatic hydroxyl groups is 1. The number of hydrogen-bond donors (Lipinski definition) is 1. The Hall–Kier alpha value is -0.850. The van der Waals surface area contributed by atoms with Crippen LogP contribution in [0, 0.1) is 0 Å². The standard InChI is InChI=1S/C21H28N2O6S2/c1-20(2)28-17-14(8-26-15-6-4-5-7-25-15)27-21(24,18(17)29-20)19-16-12(9-31-19)13(10-30-3)22-11-23-16/h9,11,14-15,17-18,24H,4-8,10H2,1-3H3. The number of thiophene rings is 1. The fourth-order valence-corrected chi connectivity index (χ4v) is 6.10. The maximum atomic E-state index is 11.8. The van der Waals surface area contributed by atoms with Gasteiger partial charge in [-0.1, -0.05) is 0 Å².